The summed E-state index contributed by atoms with van der Waals surface area (Å²) in [5, 5.41) is 0.916. The van der Waals surface area contributed by atoms with Crippen LogP contribution < -0.4 is 0 Å². The molecule has 1 heterocycles. The van der Waals surface area contributed by atoms with E-state index in [1.807, 2.05) is 12.5 Å². The molecule has 0 spiro atoms. The van der Waals surface area contributed by atoms with E-state index in [4.69, 9.17) is 4.74 Å². The Morgan fingerprint density at radius 1 is 0.643 bits per heavy atom. The summed E-state index contributed by atoms with van der Waals surface area (Å²) in [6.07, 6.45) is 46.2. The van der Waals surface area contributed by atoms with Crippen LogP contribution in [-0.2, 0) is 9.53 Å². The van der Waals surface area contributed by atoms with Crippen molar-refractivity contribution in [3.63, 3.8) is 0 Å². The van der Waals surface area contributed by atoms with Crippen LogP contribution in [0, 0.1) is 0 Å². The number of unbranched alkanes of at least 4 members (excludes halogenated alkanes) is 27. The van der Waals surface area contributed by atoms with E-state index in [1.165, 1.54) is 173 Å². The van der Waals surface area contributed by atoms with E-state index in [0.29, 0.717) is 12.4 Å². The minimum Gasteiger partial charge on any atom is -0.463 e. The number of hydrogen-bond acceptors (Lipinski definition) is 4. The van der Waals surface area contributed by atoms with Crippen LogP contribution in [0.25, 0.3) is 6.08 Å². The van der Waals surface area contributed by atoms with Crippen molar-refractivity contribution in [2.75, 3.05) is 12.9 Å². The van der Waals surface area contributed by atoms with Crippen LogP contribution in [0.1, 0.15) is 193 Å². The van der Waals surface area contributed by atoms with Gasteiger partial charge >= 0.3 is 5.97 Å². The Morgan fingerprint density at radius 2 is 1.00 bits per heavy atom. The molecule has 5 heteroatoms. The molecule has 0 aliphatic heterocycles. The molecular formula is C37H68N2O2S. The number of carbonyl (C=O) groups excluding carboxylic acids is 1. The summed E-state index contributed by atoms with van der Waals surface area (Å²) in [6.45, 7) is 2.81. The lowest BCUT2D eigenvalue weighted by molar-refractivity contribution is -0.137. The van der Waals surface area contributed by atoms with Gasteiger partial charge in [-0.2, -0.15) is 0 Å². The maximum absolute atomic E-state index is 11.8. The van der Waals surface area contributed by atoms with Gasteiger partial charge in [0.05, 0.1) is 6.61 Å². The summed E-state index contributed by atoms with van der Waals surface area (Å²) in [4.78, 5) is 19.1. The highest BCUT2D eigenvalue weighted by Crippen LogP contribution is 2.16. The van der Waals surface area contributed by atoms with Crippen molar-refractivity contribution in [1.29, 1.82) is 0 Å². The van der Waals surface area contributed by atoms with Crippen LogP contribution in [0.5, 0.6) is 0 Å². The Labute approximate surface area is 265 Å². The van der Waals surface area contributed by atoms with E-state index in [-0.39, 0.29) is 5.97 Å². The van der Waals surface area contributed by atoms with Crippen LogP contribution >= 0.6 is 11.8 Å². The summed E-state index contributed by atoms with van der Waals surface area (Å²) in [5.74, 6) is 0.393. The van der Waals surface area contributed by atoms with Gasteiger partial charge in [0.15, 0.2) is 0 Å². The highest BCUT2D eigenvalue weighted by molar-refractivity contribution is 7.98. The van der Waals surface area contributed by atoms with Crippen molar-refractivity contribution in [1.82, 2.24) is 9.97 Å². The lowest BCUT2D eigenvalue weighted by Crippen LogP contribution is -2.02. The Kier molecular flexibility index (Phi) is 28.8. The molecule has 0 aromatic carbocycles. The van der Waals surface area contributed by atoms with Crippen molar-refractivity contribution in [3.05, 3.63) is 18.1 Å². The van der Waals surface area contributed by atoms with Gasteiger partial charge in [-0.3, -0.25) is 0 Å². The molecule has 0 aliphatic carbocycles. The molecule has 0 unspecified atom stereocenters. The van der Waals surface area contributed by atoms with Gasteiger partial charge in [0.2, 0.25) is 0 Å². The number of ether oxygens (including phenoxy) is 1. The van der Waals surface area contributed by atoms with Crippen LogP contribution in [0.4, 0.5) is 0 Å². The molecular weight excluding hydrogens is 536 g/mol. The highest BCUT2D eigenvalue weighted by Gasteiger charge is 2.01. The zero-order chi connectivity index (χ0) is 30.2. The molecule has 244 valence electrons. The van der Waals surface area contributed by atoms with Crippen molar-refractivity contribution in [2.24, 2.45) is 0 Å². The molecule has 0 amide bonds. The summed E-state index contributed by atoms with van der Waals surface area (Å²) in [5.41, 5.74) is 0. The maximum atomic E-state index is 11.8. The number of rotatable bonds is 32. The lowest BCUT2D eigenvalue weighted by atomic mass is 10.0. The molecule has 0 aliphatic rings. The van der Waals surface area contributed by atoms with Crippen molar-refractivity contribution < 1.29 is 9.53 Å². The third kappa shape index (κ3) is 26.4. The average molecular weight is 605 g/mol. The topological polar surface area (TPSA) is 55.0 Å². The number of H-pyrrole nitrogens is 1. The molecule has 0 saturated carbocycles. The molecule has 0 radical (unpaired) electrons. The van der Waals surface area contributed by atoms with E-state index >= 15 is 0 Å². The quantitative estimate of drug-likeness (QED) is 0.0384. The number of aromatic nitrogens is 2. The molecule has 1 aromatic heterocycles. The molecule has 0 fully saturated rings. The number of esters is 1. The summed E-state index contributed by atoms with van der Waals surface area (Å²) < 4.78 is 5.28. The zero-order valence-corrected chi connectivity index (χ0v) is 28.7. The molecule has 1 rings (SSSR count). The number of thioether (sulfide) groups is 1. The fourth-order valence-electron chi connectivity index (χ4n) is 5.65. The Morgan fingerprint density at radius 3 is 1.33 bits per heavy atom. The van der Waals surface area contributed by atoms with Crippen LogP contribution in [0.2, 0.25) is 0 Å². The minimum atomic E-state index is -0.290. The molecule has 0 atom stereocenters. The van der Waals surface area contributed by atoms with Gasteiger partial charge in [0, 0.05) is 12.3 Å². The van der Waals surface area contributed by atoms with Crippen molar-refractivity contribution >= 4 is 23.8 Å². The van der Waals surface area contributed by atoms with Crippen molar-refractivity contribution in [3.8, 4) is 0 Å². The Balaban J connectivity index is 1.69. The Bertz CT molecular complexity index is 733. The maximum Gasteiger partial charge on any atom is 0.330 e. The smallest absolute Gasteiger partial charge is 0.330 e. The molecule has 0 saturated heterocycles. The second-order valence-corrected chi connectivity index (χ2v) is 13.2. The van der Waals surface area contributed by atoms with Crippen LogP contribution in [0.3, 0.4) is 0 Å². The summed E-state index contributed by atoms with van der Waals surface area (Å²) in [6, 6.07) is 0. The van der Waals surface area contributed by atoms with Crippen LogP contribution in [-0.4, -0.2) is 28.8 Å². The monoisotopic (exact) mass is 605 g/mol. The third-order valence-corrected chi connectivity index (χ3v) is 9.03. The van der Waals surface area contributed by atoms with Crippen molar-refractivity contribution in [2.45, 2.75) is 192 Å². The molecule has 4 nitrogen and oxygen atoms in total. The number of imidazole rings is 1. The molecule has 1 aromatic rings. The largest absolute Gasteiger partial charge is 0.463 e. The number of nitrogens with zero attached hydrogens (tertiary/aromatic N) is 1. The normalized spacial score (nSPS) is 11.6. The van der Waals surface area contributed by atoms with Gasteiger partial charge in [0.1, 0.15) is 10.9 Å². The SMILES string of the molecule is CCCCCCCCCCCCCCCCCCCCCCCCCCCCCCOC(=O)C=Cc1nc(SC)c[nH]1. The fourth-order valence-corrected chi connectivity index (χ4v) is 6.01. The van der Waals surface area contributed by atoms with Gasteiger partial charge in [0.25, 0.3) is 0 Å². The zero-order valence-electron chi connectivity index (χ0n) is 27.9. The number of aromatic amines is 1. The van der Waals surface area contributed by atoms with Crippen LogP contribution in [0.15, 0.2) is 17.3 Å². The lowest BCUT2D eigenvalue weighted by Gasteiger charge is -2.05. The van der Waals surface area contributed by atoms with E-state index < -0.39 is 0 Å². The van der Waals surface area contributed by atoms with E-state index in [1.54, 1.807) is 17.8 Å². The molecule has 1 N–H and O–H groups in total. The minimum absolute atomic E-state index is 0.290. The van der Waals surface area contributed by atoms with Gasteiger partial charge in [-0.15, -0.1) is 11.8 Å². The highest BCUT2D eigenvalue weighted by atomic mass is 32.2. The van der Waals surface area contributed by atoms with E-state index in [0.717, 1.165) is 17.9 Å². The predicted octanol–water partition coefficient (Wildman–Crippen LogP) is 12.6. The molecule has 0 bridgehead atoms. The second-order valence-electron chi connectivity index (χ2n) is 12.4. The third-order valence-electron chi connectivity index (χ3n) is 8.40. The van der Waals surface area contributed by atoms with Gasteiger partial charge in [-0.1, -0.05) is 180 Å². The first-order chi connectivity index (χ1) is 20.8. The van der Waals surface area contributed by atoms with E-state index in [2.05, 4.69) is 16.9 Å². The second kappa shape index (κ2) is 31.2. The number of nitrogens with one attached hydrogen (secondary N) is 1. The van der Waals surface area contributed by atoms with E-state index in [9.17, 15) is 4.79 Å². The number of hydrogen-bond donors (Lipinski definition) is 1. The first kappa shape index (κ1) is 38.8. The standard InChI is InChI=1S/C37H68N2O2S/c1-3-4-5-6-7-8-9-10-11-12-13-14-15-16-17-18-19-20-21-22-23-24-25-26-27-28-29-30-33-41-37(40)32-31-35-38-34-36(39-35)42-2/h31-32,34H,3-30,33H2,1-2H3,(H,38,39). The fraction of sp³-hybridized carbons (Fsp3) is 0.838. The summed E-state index contributed by atoms with van der Waals surface area (Å²) >= 11 is 1.57. The van der Waals surface area contributed by atoms with Gasteiger partial charge in [-0.05, 0) is 18.8 Å². The first-order valence-electron chi connectivity index (χ1n) is 18.2. The molecule has 42 heavy (non-hydrogen) atoms. The summed E-state index contributed by atoms with van der Waals surface area (Å²) in [7, 11) is 0. The van der Waals surface area contributed by atoms with Gasteiger partial charge < -0.3 is 9.72 Å². The van der Waals surface area contributed by atoms with Gasteiger partial charge in [-0.25, -0.2) is 9.78 Å². The first-order valence-corrected chi connectivity index (χ1v) is 19.4. The number of carbonyl (C=O) groups is 1. The average Bonchev–Trinajstić information content (AvgIpc) is 3.47. The predicted molar refractivity (Wildman–Crippen MR) is 185 cm³/mol. The Hall–Kier alpha value is -1.23.